The average Bonchev–Trinajstić information content (AvgIpc) is 3.71. The molecule has 4 saturated carbocycles. The molecule has 4 fully saturated rings. The van der Waals surface area contributed by atoms with E-state index in [1.54, 1.807) is 6.07 Å². The van der Waals surface area contributed by atoms with Gasteiger partial charge in [-0.3, -0.25) is 4.79 Å². The summed E-state index contributed by atoms with van der Waals surface area (Å²) in [4.78, 5) is 26.9. The van der Waals surface area contributed by atoms with Crippen molar-refractivity contribution in [3.63, 3.8) is 0 Å². The lowest BCUT2D eigenvalue weighted by Crippen LogP contribution is -2.68. The van der Waals surface area contributed by atoms with Gasteiger partial charge in [-0.25, -0.2) is 9.18 Å². The second-order valence-electron chi connectivity index (χ2n) is 20.6. The summed E-state index contributed by atoms with van der Waals surface area (Å²) in [5, 5.41) is 14.0. The molecular formula is C51H62FNO4. The molecule has 3 aromatic carbocycles. The summed E-state index contributed by atoms with van der Waals surface area (Å²) in [6.45, 7) is 16.5. The van der Waals surface area contributed by atoms with Gasteiger partial charge in [0.1, 0.15) is 12.4 Å². The van der Waals surface area contributed by atoms with Crippen LogP contribution in [0.15, 0.2) is 72.8 Å². The zero-order chi connectivity index (χ0) is 40.3. The van der Waals surface area contributed by atoms with Gasteiger partial charge in [0.05, 0.1) is 5.92 Å². The van der Waals surface area contributed by atoms with Crippen LogP contribution in [0.25, 0.3) is 16.7 Å². The lowest BCUT2D eigenvalue weighted by molar-refractivity contribution is -0.221. The van der Waals surface area contributed by atoms with Crippen LogP contribution in [-0.4, -0.2) is 29.3 Å². The highest BCUT2D eigenvalue weighted by molar-refractivity contribution is 5.79. The van der Waals surface area contributed by atoms with Crippen molar-refractivity contribution >= 4 is 17.6 Å². The van der Waals surface area contributed by atoms with Crippen LogP contribution in [0.1, 0.15) is 128 Å². The van der Waals surface area contributed by atoms with Crippen molar-refractivity contribution in [3.8, 4) is 11.1 Å². The summed E-state index contributed by atoms with van der Waals surface area (Å²) in [6, 6.07) is 22.6. The van der Waals surface area contributed by atoms with Crippen molar-refractivity contribution in [1.29, 1.82) is 0 Å². The smallest absolute Gasteiger partial charge is 0.407 e. The molecule has 57 heavy (non-hydrogen) atoms. The molecule has 0 bridgehead atoms. The molecule has 6 aliphatic carbocycles. The van der Waals surface area contributed by atoms with Crippen LogP contribution in [0.2, 0.25) is 0 Å². The second-order valence-corrected chi connectivity index (χ2v) is 20.6. The van der Waals surface area contributed by atoms with Gasteiger partial charge in [0.25, 0.3) is 0 Å². The molecule has 10 atom stereocenters. The molecular weight excluding hydrogens is 710 g/mol. The Balaban J connectivity index is 1.000. The minimum absolute atomic E-state index is 0.00402. The fraction of sp³-hybridized carbons (Fsp3) is 0.569. The van der Waals surface area contributed by atoms with Crippen molar-refractivity contribution in [3.05, 3.63) is 101 Å². The average molecular weight is 772 g/mol. The number of carboxylic acid groups (broad SMARTS) is 1. The highest BCUT2D eigenvalue weighted by atomic mass is 19.1. The summed E-state index contributed by atoms with van der Waals surface area (Å²) in [6.07, 6.45) is 10.9. The van der Waals surface area contributed by atoms with Crippen molar-refractivity contribution in [2.45, 2.75) is 118 Å². The number of rotatable bonds is 6. The minimum atomic E-state index is -0.738. The summed E-state index contributed by atoms with van der Waals surface area (Å²) < 4.78 is 21.1. The Morgan fingerprint density at radius 3 is 2.19 bits per heavy atom. The Labute approximate surface area is 339 Å². The molecule has 0 aromatic heterocycles. The number of ether oxygens (including phenoxy) is 1. The predicted molar refractivity (Wildman–Crippen MR) is 224 cm³/mol. The summed E-state index contributed by atoms with van der Waals surface area (Å²) >= 11 is 0. The number of allylic oxidation sites excluding steroid dienone is 2. The van der Waals surface area contributed by atoms with E-state index in [2.05, 4.69) is 101 Å². The fourth-order valence-electron chi connectivity index (χ4n) is 15.3. The van der Waals surface area contributed by atoms with Gasteiger partial charge in [0, 0.05) is 11.5 Å². The Morgan fingerprint density at radius 1 is 0.842 bits per heavy atom. The Kier molecular flexibility index (Phi) is 9.00. The number of hydrogen-bond donors (Lipinski definition) is 2. The fourth-order valence-corrected chi connectivity index (χ4v) is 15.3. The minimum Gasteiger partial charge on any atom is -0.481 e. The first-order valence-corrected chi connectivity index (χ1v) is 21.9. The maximum absolute atomic E-state index is 14.9. The zero-order valence-corrected chi connectivity index (χ0v) is 35.1. The van der Waals surface area contributed by atoms with Crippen LogP contribution < -0.4 is 5.32 Å². The molecule has 302 valence electrons. The third-order valence-corrected chi connectivity index (χ3v) is 18.3. The quantitative estimate of drug-likeness (QED) is 0.262. The monoisotopic (exact) mass is 771 g/mol. The Morgan fingerprint density at radius 2 is 1.53 bits per heavy atom. The highest BCUT2D eigenvalue weighted by Gasteiger charge is 2.71. The number of hydrogen-bond acceptors (Lipinski definition) is 3. The number of carbonyl (C=O) groups is 2. The van der Waals surface area contributed by atoms with Gasteiger partial charge < -0.3 is 15.2 Å². The molecule has 1 unspecified atom stereocenters. The number of aliphatic carboxylic acids is 1. The predicted octanol–water partition coefficient (Wildman–Crippen LogP) is 12.2. The molecule has 0 radical (unpaired) electrons. The van der Waals surface area contributed by atoms with E-state index >= 15 is 0 Å². The van der Waals surface area contributed by atoms with E-state index in [4.69, 9.17) is 4.74 Å². The summed E-state index contributed by atoms with van der Waals surface area (Å²) in [5.41, 5.74) is 7.34. The van der Waals surface area contributed by atoms with Gasteiger partial charge in [0.15, 0.2) is 0 Å². The van der Waals surface area contributed by atoms with E-state index in [-0.39, 0.29) is 57.9 Å². The maximum Gasteiger partial charge on any atom is 0.407 e. The van der Waals surface area contributed by atoms with Crippen LogP contribution in [0.3, 0.4) is 0 Å². The number of carbonyl (C=O) groups excluding carboxylic acids is 1. The van der Waals surface area contributed by atoms with Crippen molar-refractivity contribution < 1.29 is 23.8 Å². The van der Waals surface area contributed by atoms with Crippen LogP contribution in [-0.2, 0) is 9.53 Å². The lowest BCUT2D eigenvalue weighted by atomic mass is 9.33. The number of benzene rings is 3. The Hall–Kier alpha value is -3.93. The Bertz CT molecular complexity index is 2110. The third-order valence-electron chi connectivity index (χ3n) is 18.3. The maximum atomic E-state index is 14.9. The van der Waals surface area contributed by atoms with Crippen LogP contribution in [0.4, 0.5) is 9.18 Å². The molecule has 0 spiro atoms. The normalized spacial score (nSPS) is 36.6. The summed E-state index contributed by atoms with van der Waals surface area (Å²) in [5.74, 6) is -0.0472. The molecule has 5 nitrogen and oxygen atoms in total. The van der Waals surface area contributed by atoms with Crippen LogP contribution in [0, 0.1) is 69.9 Å². The lowest BCUT2D eigenvalue weighted by Gasteiger charge is -2.72. The number of halogens is 1. The van der Waals surface area contributed by atoms with Gasteiger partial charge in [-0.2, -0.15) is 0 Å². The van der Waals surface area contributed by atoms with Gasteiger partial charge in [-0.05, 0) is 161 Å². The van der Waals surface area contributed by atoms with Crippen molar-refractivity contribution in [2.75, 3.05) is 6.61 Å². The first kappa shape index (κ1) is 38.6. The van der Waals surface area contributed by atoms with Crippen molar-refractivity contribution in [1.82, 2.24) is 5.32 Å². The van der Waals surface area contributed by atoms with Gasteiger partial charge in [-0.15, -0.1) is 0 Å². The zero-order valence-electron chi connectivity index (χ0n) is 35.1. The van der Waals surface area contributed by atoms with E-state index in [9.17, 15) is 19.1 Å². The van der Waals surface area contributed by atoms with E-state index in [1.165, 1.54) is 27.8 Å². The standard InChI is InChI=1S/C51H62FNO4/c1-30-16-17-32(28-41(30)52)39-21-23-48(5)42(47(39,3)4)22-24-50(7)43(48)19-18-40-44-33(31(2)45(54)55)20-25-51(44,27-26-49(40,50)6)53-46(56)57-29-38-36-14-10-8-12-34(36)35-13-9-11-15-37(35)38/h8-17,21,28,31,33,38,40,42-44H,18-20,22-27,29H2,1-7H3,(H,53,56)(H,54,55)/t31?,33-,40+,42-,43+,44+,48-,49+,50+,51-/m0/s1. The number of carboxylic acids is 1. The van der Waals surface area contributed by atoms with E-state index in [1.807, 2.05) is 19.9 Å². The largest absolute Gasteiger partial charge is 0.481 e. The third kappa shape index (κ3) is 5.50. The number of aryl methyl sites for hydroxylation is 1. The first-order valence-electron chi connectivity index (χ1n) is 21.9. The van der Waals surface area contributed by atoms with Crippen LogP contribution in [0.5, 0.6) is 0 Å². The van der Waals surface area contributed by atoms with E-state index in [0.29, 0.717) is 23.3 Å². The van der Waals surface area contributed by atoms with E-state index in [0.717, 1.165) is 63.4 Å². The number of amides is 1. The molecule has 1 amide bonds. The summed E-state index contributed by atoms with van der Waals surface area (Å²) in [7, 11) is 0. The van der Waals surface area contributed by atoms with Crippen molar-refractivity contribution in [2.24, 2.45) is 57.2 Å². The topological polar surface area (TPSA) is 75.6 Å². The first-order chi connectivity index (χ1) is 27.1. The molecule has 0 heterocycles. The van der Waals surface area contributed by atoms with Gasteiger partial charge in [-0.1, -0.05) is 108 Å². The second kappa shape index (κ2) is 13.3. The number of alkyl carbamates (subject to hydrolysis) is 1. The number of fused-ring (bicyclic) bond motifs is 10. The molecule has 2 N–H and O–H groups in total. The van der Waals surface area contributed by atoms with Gasteiger partial charge in [0.2, 0.25) is 0 Å². The van der Waals surface area contributed by atoms with E-state index < -0.39 is 17.4 Å². The highest BCUT2D eigenvalue weighted by Crippen LogP contribution is 2.76. The molecule has 9 rings (SSSR count). The molecule has 0 aliphatic heterocycles. The van der Waals surface area contributed by atoms with Gasteiger partial charge >= 0.3 is 12.1 Å². The molecule has 0 saturated heterocycles. The SMILES string of the molecule is Cc1ccc(C2=CC[C@]3(C)[C@H]4CC[C@@H]5[C@H]6[C@H](C(C)C(=O)O)CC[C@]6(NC(=O)OCC6c7ccccc7-c7ccccc76)CC[C@@]5(C)[C@]4(C)CC[C@H]3C2(C)C)cc1F. The molecule has 6 aliphatic rings. The van der Waals surface area contributed by atoms with Crippen LogP contribution >= 0.6 is 0 Å². The molecule has 6 heteroatoms. The number of nitrogens with one attached hydrogen (secondary N) is 1. The molecule has 3 aromatic rings.